The van der Waals surface area contributed by atoms with Gasteiger partial charge in [-0.2, -0.15) is 13.2 Å². The van der Waals surface area contributed by atoms with E-state index in [-0.39, 0.29) is 12.4 Å². The number of rotatable bonds is 7. The van der Waals surface area contributed by atoms with Crippen LogP contribution in [0, 0.1) is 12.7 Å². The second kappa shape index (κ2) is 8.98. The number of pyridine rings is 1. The number of nitrogens with one attached hydrogen (secondary N) is 1. The number of carbonyl (C=O) groups excluding carboxylic acids is 1. The van der Waals surface area contributed by atoms with E-state index < -0.39 is 34.9 Å². The normalized spacial score (nSPS) is 13.5. The number of benzene rings is 1. The number of hydrogen-bond donors (Lipinski definition) is 2. The first kappa shape index (κ1) is 22.6. The zero-order valence-corrected chi connectivity index (χ0v) is 16.9. The zero-order valence-electron chi connectivity index (χ0n) is 16.1. The summed E-state index contributed by atoms with van der Waals surface area (Å²) >= 11 is 0.634. The van der Waals surface area contributed by atoms with E-state index >= 15 is 0 Å². The molecule has 164 valence electrons. The summed E-state index contributed by atoms with van der Waals surface area (Å²) in [4.78, 5) is 19.9. The Morgan fingerprint density at radius 1 is 1.23 bits per heavy atom. The van der Waals surface area contributed by atoms with Crippen LogP contribution >= 0.6 is 11.3 Å². The van der Waals surface area contributed by atoms with Crippen molar-refractivity contribution in [2.45, 2.75) is 31.7 Å². The van der Waals surface area contributed by atoms with Crippen molar-refractivity contribution in [2.75, 3.05) is 0 Å². The van der Waals surface area contributed by atoms with Crippen molar-refractivity contribution < 1.29 is 32.2 Å². The summed E-state index contributed by atoms with van der Waals surface area (Å²) in [7, 11) is 0. The lowest BCUT2D eigenvalue weighted by Gasteiger charge is -2.27. The topological polar surface area (TPSA) is 84.3 Å². The highest BCUT2D eigenvalue weighted by Crippen LogP contribution is 2.42. The van der Waals surface area contributed by atoms with Crippen molar-refractivity contribution in [1.82, 2.24) is 15.3 Å². The number of ether oxygens (including phenoxy) is 1. The summed E-state index contributed by atoms with van der Waals surface area (Å²) in [5.41, 5.74) is -2.57. The van der Waals surface area contributed by atoms with Gasteiger partial charge in [0.2, 0.25) is 17.4 Å². The van der Waals surface area contributed by atoms with E-state index in [0.29, 0.717) is 28.3 Å². The highest BCUT2D eigenvalue weighted by Gasteiger charge is 2.58. The van der Waals surface area contributed by atoms with Gasteiger partial charge in [-0.1, -0.05) is 0 Å². The molecule has 0 saturated heterocycles. The van der Waals surface area contributed by atoms with Crippen LogP contribution in [0.2, 0.25) is 0 Å². The number of carbonyl (C=O) groups is 1. The largest absolute Gasteiger partial charge is 0.439 e. The molecule has 2 heterocycles. The zero-order chi connectivity index (χ0) is 22.6. The van der Waals surface area contributed by atoms with Gasteiger partial charge in [0.15, 0.2) is 0 Å². The number of aryl methyl sites for hydroxylation is 1. The van der Waals surface area contributed by atoms with Crippen LogP contribution in [0.4, 0.5) is 17.6 Å². The minimum Gasteiger partial charge on any atom is -0.439 e. The molecule has 3 rings (SSSR count). The Balaban J connectivity index is 1.65. The first-order chi connectivity index (χ1) is 14.6. The summed E-state index contributed by atoms with van der Waals surface area (Å²) in [6.07, 6.45) is -4.92. The van der Waals surface area contributed by atoms with Gasteiger partial charge in [-0.25, -0.2) is 14.4 Å². The van der Waals surface area contributed by atoms with E-state index in [1.165, 1.54) is 54.9 Å². The quantitative estimate of drug-likeness (QED) is 0.521. The third-order valence-electron chi connectivity index (χ3n) is 4.18. The van der Waals surface area contributed by atoms with Crippen molar-refractivity contribution in [1.29, 1.82) is 0 Å². The monoisotopic (exact) mass is 455 g/mol. The van der Waals surface area contributed by atoms with Crippen molar-refractivity contribution >= 4 is 17.2 Å². The van der Waals surface area contributed by atoms with E-state index in [0.717, 1.165) is 0 Å². The molecule has 0 fully saturated rings. The fourth-order valence-electron chi connectivity index (χ4n) is 2.58. The molecule has 0 spiro atoms. The number of thiazole rings is 1. The van der Waals surface area contributed by atoms with Crippen molar-refractivity contribution in [3.63, 3.8) is 0 Å². The maximum atomic E-state index is 13.5. The number of halogens is 4. The summed E-state index contributed by atoms with van der Waals surface area (Å²) < 4.78 is 58.9. The molecule has 1 atom stereocenters. The molecule has 0 saturated carbocycles. The molecule has 1 aromatic carbocycles. The molecule has 0 aliphatic carbocycles. The fraction of sp³-hybridized carbons (Fsp3) is 0.250. The molecule has 2 N–H and O–H groups in total. The molecule has 1 amide bonds. The Bertz CT molecular complexity index is 1060. The molecule has 0 bridgehead atoms. The van der Waals surface area contributed by atoms with Gasteiger partial charge in [0.05, 0.1) is 6.42 Å². The van der Waals surface area contributed by atoms with Gasteiger partial charge >= 0.3 is 6.18 Å². The van der Waals surface area contributed by atoms with Crippen molar-refractivity contribution in [2.24, 2.45) is 0 Å². The highest BCUT2D eigenvalue weighted by molar-refractivity contribution is 7.09. The molecule has 0 radical (unpaired) electrons. The van der Waals surface area contributed by atoms with Gasteiger partial charge in [0, 0.05) is 29.9 Å². The molecule has 3 aromatic rings. The van der Waals surface area contributed by atoms with E-state index in [1.54, 1.807) is 0 Å². The maximum Gasteiger partial charge on any atom is 0.424 e. The summed E-state index contributed by atoms with van der Waals surface area (Å²) in [5, 5.41) is 13.4. The number of amides is 1. The average molecular weight is 455 g/mol. The lowest BCUT2D eigenvalue weighted by atomic mass is 9.99. The smallest absolute Gasteiger partial charge is 0.424 e. The maximum absolute atomic E-state index is 13.5. The van der Waals surface area contributed by atoms with E-state index in [1.807, 2.05) is 0 Å². The second-order valence-corrected chi connectivity index (χ2v) is 7.52. The Labute approximate surface area is 178 Å². The van der Waals surface area contributed by atoms with E-state index in [9.17, 15) is 27.5 Å². The number of alkyl halides is 3. The molecule has 2 aromatic heterocycles. The first-order valence-electron chi connectivity index (χ1n) is 8.93. The lowest BCUT2D eigenvalue weighted by molar-refractivity contribution is -0.267. The van der Waals surface area contributed by atoms with Gasteiger partial charge in [-0.3, -0.25) is 4.79 Å². The number of hydrogen-bond acceptors (Lipinski definition) is 6. The molecule has 11 heteroatoms. The lowest BCUT2D eigenvalue weighted by Crippen LogP contribution is -2.46. The van der Waals surface area contributed by atoms with Crippen LogP contribution in [0.25, 0.3) is 0 Å². The first-order valence-corrected chi connectivity index (χ1v) is 9.81. The van der Waals surface area contributed by atoms with E-state index in [4.69, 9.17) is 4.74 Å². The summed E-state index contributed by atoms with van der Waals surface area (Å²) in [6, 6.07) is 8.26. The summed E-state index contributed by atoms with van der Waals surface area (Å²) in [6.45, 7) is 1.37. The van der Waals surface area contributed by atoms with Crippen molar-refractivity contribution in [3.8, 4) is 11.6 Å². The molecular formula is C20H17F4N3O3S. The van der Waals surface area contributed by atoms with Gasteiger partial charge in [0.1, 0.15) is 16.6 Å². The van der Waals surface area contributed by atoms with Crippen molar-refractivity contribution in [3.05, 3.63) is 70.1 Å². The Kier molecular flexibility index (Phi) is 6.56. The molecule has 1 unspecified atom stereocenters. The van der Waals surface area contributed by atoms with Crippen LogP contribution < -0.4 is 10.1 Å². The van der Waals surface area contributed by atoms with Gasteiger partial charge < -0.3 is 15.2 Å². The molecule has 31 heavy (non-hydrogen) atoms. The Morgan fingerprint density at radius 2 is 1.94 bits per heavy atom. The predicted octanol–water partition coefficient (Wildman–Crippen LogP) is 4.23. The van der Waals surface area contributed by atoms with Crippen LogP contribution in [0.5, 0.6) is 11.6 Å². The Hall–Kier alpha value is -3.05. The minimum atomic E-state index is -5.08. The predicted molar refractivity (Wildman–Crippen MR) is 104 cm³/mol. The average Bonchev–Trinajstić information content (AvgIpc) is 3.14. The third-order valence-corrected chi connectivity index (χ3v) is 5.29. The summed E-state index contributed by atoms with van der Waals surface area (Å²) in [5.74, 6) is -0.943. The molecular weight excluding hydrogens is 438 g/mol. The number of nitrogens with zero attached hydrogens (tertiary/aromatic N) is 2. The van der Waals surface area contributed by atoms with Crippen LogP contribution in [-0.2, 0) is 16.9 Å². The second-order valence-electron chi connectivity index (χ2n) is 6.66. The SMILES string of the molecule is Cc1csc(C(O)(CC(=O)NCc2ccnc(Oc3ccc(F)cc3)c2)C(F)(F)F)n1. The van der Waals surface area contributed by atoms with E-state index in [2.05, 4.69) is 15.3 Å². The van der Waals surface area contributed by atoms with Crippen LogP contribution in [0.1, 0.15) is 22.7 Å². The van der Waals surface area contributed by atoms with Gasteiger partial charge in [-0.05, 0) is 42.8 Å². The minimum absolute atomic E-state index is 0.119. The molecule has 6 nitrogen and oxygen atoms in total. The van der Waals surface area contributed by atoms with Crippen LogP contribution in [0.15, 0.2) is 48.0 Å². The standard InChI is InChI=1S/C20H17F4N3O3S/c1-12-11-31-18(27-12)19(29,20(22,23)24)9-16(28)26-10-13-6-7-25-17(8-13)30-15-4-2-14(21)3-5-15/h2-8,11,29H,9-10H2,1H3,(H,26,28). The van der Waals surface area contributed by atoms with Gasteiger partial charge in [0.25, 0.3) is 0 Å². The highest BCUT2D eigenvalue weighted by atomic mass is 32.1. The number of aliphatic hydroxyl groups is 1. The third kappa shape index (κ3) is 5.56. The molecule has 0 aliphatic heterocycles. The molecule has 0 aliphatic rings. The van der Waals surface area contributed by atoms with Crippen LogP contribution in [-0.4, -0.2) is 27.2 Å². The van der Waals surface area contributed by atoms with Gasteiger partial charge in [-0.15, -0.1) is 11.3 Å². The number of aromatic nitrogens is 2. The fourth-order valence-corrected chi connectivity index (χ4v) is 3.49. The van der Waals surface area contributed by atoms with Crippen LogP contribution in [0.3, 0.4) is 0 Å². The Morgan fingerprint density at radius 3 is 2.55 bits per heavy atom.